The fourth-order valence-electron chi connectivity index (χ4n) is 6.74. The number of carboxylic acid groups (broad SMARTS) is 1. The van der Waals surface area contributed by atoms with Gasteiger partial charge in [0.15, 0.2) is 0 Å². The first-order valence-corrected chi connectivity index (χ1v) is 34.3. The summed E-state index contributed by atoms with van der Waals surface area (Å²) in [6.45, 7) is 9.50. The molecule has 0 spiro atoms. The Bertz CT molecular complexity index is 4470. The number of esters is 2. The average Bonchev–Trinajstić information content (AvgIpc) is 0.864. The first-order chi connectivity index (χ1) is 43.0. The first-order valence-electron chi connectivity index (χ1n) is 25.9. The molecule has 0 aromatic heterocycles. The van der Waals surface area contributed by atoms with Crippen molar-refractivity contribution in [3.63, 3.8) is 0 Å². The van der Waals surface area contributed by atoms with Gasteiger partial charge >= 0.3 is 17.9 Å². The Kier molecular flexibility index (Phi) is 30.7. The summed E-state index contributed by atoms with van der Waals surface area (Å²) in [5, 5.41) is 8.60. The zero-order chi connectivity index (χ0) is 69.1. The Morgan fingerprint density at radius 3 is 1.10 bits per heavy atom. The average molecular weight is 1500 g/mol. The van der Waals surface area contributed by atoms with Gasteiger partial charge in [-0.1, -0.05) is 74.8 Å². The van der Waals surface area contributed by atoms with E-state index in [-0.39, 0.29) is 42.6 Å². The summed E-state index contributed by atoms with van der Waals surface area (Å²) in [4.78, 5) is 31.7. The maximum absolute atomic E-state index is 13.3. The van der Waals surface area contributed by atoms with E-state index in [2.05, 4.69) is 62.1 Å². The Morgan fingerprint density at radius 2 is 0.804 bits per heavy atom. The van der Waals surface area contributed by atoms with Crippen LogP contribution in [0.25, 0.3) is 12.2 Å². The molecule has 8 aromatic rings. The van der Waals surface area contributed by atoms with Crippen molar-refractivity contribution in [2.75, 3.05) is 34.1 Å². The monoisotopic (exact) mass is 1490 g/mol. The molecule has 0 fully saturated rings. The summed E-state index contributed by atoms with van der Waals surface area (Å²) in [6, 6.07) is 40.9. The molecule has 29 heteroatoms. The van der Waals surface area contributed by atoms with Crippen LogP contribution < -0.4 is 19.9 Å². The summed E-state index contributed by atoms with van der Waals surface area (Å²) in [5.41, 5.74) is 9.41. The Morgan fingerprint density at radius 1 is 0.478 bits per heavy atom. The zero-order valence-corrected chi connectivity index (χ0v) is 56.6. The number of aliphatic carboxylic acids is 1. The lowest BCUT2D eigenvalue weighted by molar-refractivity contribution is -0.135. The Labute approximate surface area is 552 Å². The topological polar surface area (TPSA) is 289 Å². The highest BCUT2D eigenvalue weighted by Gasteiger charge is 2.18. The number of carbonyl (C=O) groups excluding carboxylic acids is 2. The molecule has 0 unspecified atom stereocenters. The molecule has 0 heterocycles. The van der Waals surface area contributed by atoms with Crippen LogP contribution in [0.15, 0.2) is 223 Å². The van der Waals surface area contributed by atoms with Crippen LogP contribution in [0.2, 0.25) is 0 Å². The molecule has 0 saturated carbocycles. The number of hydrogen-bond donors (Lipinski definition) is 5. The number of benzene rings is 8. The maximum Gasteiger partial charge on any atom is 0.330 e. The van der Waals surface area contributed by atoms with Crippen LogP contribution >= 0.6 is 42.5 Å². The van der Waals surface area contributed by atoms with E-state index < -0.39 is 68.7 Å². The molecule has 0 aliphatic rings. The maximum atomic E-state index is 13.3. The second kappa shape index (κ2) is 36.4. The second-order valence-corrected chi connectivity index (χ2v) is 27.9. The molecule has 18 nitrogen and oxygen atoms in total. The molecule has 92 heavy (non-hydrogen) atoms. The molecule has 8 aromatic carbocycles. The third-order valence-corrected chi connectivity index (χ3v) is 17.8. The fraction of sp³-hybridized carbons (Fsp3) is 0.0952. The number of nitrogens with one attached hydrogen (secondary N) is 3. The van der Waals surface area contributed by atoms with Gasteiger partial charge in [0.1, 0.15) is 23.3 Å². The standard InChI is InChI=1S/C17H16FNO4S.C16H14FNO4S.C13H11BrFNO2S.C7H8FN.C6H4BrClO2S.C4H6O2/c1-12-10-14(7-8-16(12)18)19-24(21,22)15-5-3-4-13(11-15)6-9-17(20)23-2;1-11-9-13(6-7-15(11)17)18-23(21,22)14-4-2-3-12(10-14)5-8-16(19)20;1-9-7-11(5-6-13(9)15)16-19(17,18)12-4-2-3-10(14)8-12;1-5-4-6(9)2-3-7(5)8;7-5-2-1-3-6(4-5)11(8,9)10;1-3-4(5)6-2/h3-11,19H,1-2H3;2-10,18H,1H3,(H,19,20);2-8,16H,1H3;2-4H,9H2,1H3;1-4H;3H,1H2,2H3/b9-6+;8-5+;;;;. The third-order valence-electron chi connectivity index (χ3n) is 11.3. The minimum absolute atomic E-state index is 0.0213. The summed E-state index contributed by atoms with van der Waals surface area (Å²) in [6.07, 6.45) is 5.97. The van der Waals surface area contributed by atoms with Crippen molar-refractivity contribution in [2.45, 2.75) is 47.3 Å². The molecule has 8 rings (SSSR count). The first kappa shape index (κ1) is 77.6. The quantitative estimate of drug-likeness (QED) is 0.0210. The summed E-state index contributed by atoms with van der Waals surface area (Å²) in [7, 11) is -7.30. The van der Waals surface area contributed by atoms with E-state index in [9.17, 15) is 65.6 Å². The number of carboxylic acids is 1. The van der Waals surface area contributed by atoms with Gasteiger partial charge in [-0.2, -0.15) is 0 Å². The van der Waals surface area contributed by atoms with Crippen LogP contribution in [-0.2, 0) is 63.0 Å². The predicted octanol–water partition coefficient (Wildman–Crippen LogP) is 14.3. The van der Waals surface area contributed by atoms with E-state index in [0.29, 0.717) is 53.7 Å². The van der Waals surface area contributed by atoms with E-state index in [1.54, 1.807) is 75.4 Å². The smallest absolute Gasteiger partial charge is 0.330 e. The number of ether oxygens (including phenoxy) is 2. The molecule has 0 aliphatic heterocycles. The lowest BCUT2D eigenvalue weighted by Gasteiger charge is -2.09. The number of methoxy groups -OCH3 is 2. The van der Waals surface area contributed by atoms with E-state index in [1.165, 1.54) is 155 Å². The zero-order valence-electron chi connectivity index (χ0n) is 49.4. The van der Waals surface area contributed by atoms with Gasteiger partial charge in [0.2, 0.25) is 0 Å². The number of nitrogen functional groups attached to an aromatic ring is 1. The normalized spacial score (nSPS) is 11.0. The SMILES string of the molecule is C=CC(=O)OC.COC(=O)/C=C/c1cccc(S(=O)(=O)Nc2ccc(F)c(C)c2)c1.Cc1cc(N)ccc1F.Cc1cc(NS(=O)(=O)c2cccc(/C=C/C(=O)O)c2)ccc1F.Cc1cc(NS(=O)(=O)c2cccc(Br)c2)ccc1F.O=S(=O)(Cl)c1cccc(Br)c1. The highest BCUT2D eigenvalue weighted by molar-refractivity contribution is 9.10. The van der Waals surface area contributed by atoms with Crippen LogP contribution in [0.1, 0.15) is 33.4 Å². The third kappa shape index (κ3) is 27.4. The van der Waals surface area contributed by atoms with Crippen molar-refractivity contribution >= 4 is 134 Å². The van der Waals surface area contributed by atoms with Gasteiger partial charge in [0, 0.05) is 60.6 Å². The molecule has 0 bridgehead atoms. The van der Waals surface area contributed by atoms with Gasteiger partial charge in [-0.05, 0) is 207 Å². The number of carbonyl (C=O) groups is 3. The molecular weight excluding hydrogens is 1440 g/mol. The Balaban J connectivity index is 0.000000304. The molecule has 488 valence electrons. The molecule has 0 amide bonds. The van der Waals surface area contributed by atoms with E-state index >= 15 is 0 Å². The van der Waals surface area contributed by atoms with Gasteiger partial charge in [-0.25, -0.2) is 65.6 Å². The summed E-state index contributed by atoms with van der Waals surface area (Å²) >= 11 is 6.35. The number of sulfonamides is 3. The lowest BCUT2D eigenvalue weighted by Crippen LogP contribution is -2.13. The van der Waals surface area contributed by atoms with Crippen molar-refractivity contribution in [2.24, 2.45) is 0 Å². The van der Waals surface area contributed by atoms with Crippen LogP contribution in [0.3, 0.4) is 0 Å². The summed E-state index contributed by atoms with van der Waals surface area (Å²) in [5.74, 6) is -3.47. The number of halogens is 7. The van der Waals surface area contributed by atoms with Crippen molar-refractivity contribution in [3.05, 3.63) is 260 Å². The van der Waals surface area contributed by atoms with Crippen LogP contribution in [0, 0.1) is 51.0 Å². The van der Waals surface area contributed by atoms with Gasteiger partial charge < -0.3 is 20.3 Å². The minimum atomic E-state index is -3.86. The van der Waals surface area contributed by atoms with Gasteiger partial charge in [0.05, 0.1) is 33.8 Å². The van der Waals surface area contributed by atoms with Gasteiger partial charge in [-0.3, -0.25) is 14.2 Å². The Hall–Kier alpha value is -8.64. The molecule has 0 atom stereocenters. The molecular formula is C63H59Br2ClF4N4O14S4. The van der Waals surface area contributed by atoms with Crippen LogP contribution in [0.5, 0.6) is 0 Å². The van der Waals surface area contributed by atoms with Gasteiger partial charge in [0.25, 0.3) is 39.1 Å². The van der Waals surface area contributed by atoms with E-state index in [0.717, 1.165) is 12.2 Å². The highest BCUT2D eigenvalue weighted by Crippen LogP contribution is 2.25. The molecule has 0 radical (unpaired) electrons. The number of hydrogen-bond acceptors (Lipinski definition) is 14. The van der Waals surface area contributed by atoms with Crippen molar-refractivity contribution in [1.29, 1.82) is 0 Å². The lowest BCUT2D eigenvalue weighted by atomic mass is 10.2. The van der Waals surface area contributed by atoms with Crippen LogP contribution in [-0.4, -0.2) is 70.9 Å². The molecule has 0 aliphatic carbocycles. The number of aryl methyl sites for hydroxylation is 4. The van der Waals surface area contributed by atoms with Crippen molar-refractivity contribution < 1.29 is 80.2 Å². The van der Waals surface area contributed by atoms with Gasteiger partial charge in [-0.15, -0.1) is 0 Å². The number of anilines is 4. The second-order valence-electron chi connectivity index (χ2n) is 18.5. The molecule has 0 saturated heterocycles. The number of rotatable bonds is 15. The minimum Gasteiger partial charge on any atom is -0.478 e. The summed E-state index contributed by atoms with van der Waals surface area (Å²) < 4.78 is 164. The van der Waals surface area contributed by atoms with E-state index in [1.807, 2.05) is 0 Å². The largest absolute Gasteiger partial charge is 0.478 e. The van der Waals surface area contributed by atoms with Crippen molar-refractivity contribution in [1.82, 2.24) is 0 Å². The predicted molar refractivity (Wildman–Crippen MR) is 356 cm³/mol. The fourth-order valence-corrected chi connectivity index (χ4v) is 11.9. The molecule has 6 N–H and O–H groups in total. The highest BCUT2D eigenvalue weighted by atomic mass is 79.9. The number of nitrogens with two attached hydrogens (primary N) is 1. The van der Waals surface area contributed by atoms with E-state index in [4.69, 9.17) is 21.5 Å². The van der Waals surface area contributed by atoms with Crippen molar-refractivity contribution in [3.8, 4) is 0 Å². The van der Waals surface area contributed by atoms with Crippen LogP contribution in [0.4, 0.5) is 40.3 Å².